The fourth-order valence-corrected chi connectivity index (χ4v) is 5.35. The van der Waals surface area contributed by atoms with E-state index >= 15 is 0 Å². The minimum atomic E-state index is 0.0163. The Morgan fingerprint density at radius 2 is 1.79 bits per heavy atom. The van der Waals surface area contributed by atoms with Gasteiger partial charge in [-0.25, -0.2) is 9.97 Å². The summed E-state index contributed by atoms with van der Waals surface area (Å²) >= 11 is 1.71. The number of hydrogen-bond donors (Lipinski definition) is 1. The quantitative estimate of drug-likeness (QED) is 0.722. The predicted octanol–water partition coefficient (Wildman–Crippen LogP) is 2.57. The molecule has 0 saturated carbocycles. The summed E-state index contributed by atoms with van der Waals surface area (Å²) in [7, 11) is 0. The lowest BCUT2D eigenvalue weighted by atomic mass is 10.1. The summed E-state index contributed by atoms with van der Waals surface area (Å²) in [4.78, 5) is 27.7. The normalized spacial score (nSPS) is 19.4. The average molecular weight is 406 g/mol. The molecule has 2 aliphatic rings. The van der Waals surface area contributed by atoms with Crippen molar-refractivity contribution < 1.29 is 4.79 Å². The summed E-state index contributed by atoms with van der Waals surface area (Å²) < 4.78 is 0. The van der Waals surface area contributed by atoms with Gasteiger partial charge in [-0.15, -0.1) is 11.8 Å². The molecule has 1 fully saturated rings. The summed E-state index contributed by atoms with van der Waals surface area (Å²) in [5.41, 5.74) is 8.27. The average Bonchev–Trinajstić information content (AvgIpc) is 3.18. The third-order valence-corrected chi connectivity index (χ3v) is 6.96. The van der Waals surface area contributed by atoms with Crippen LogP contribution in [-0.4, -0.2) is 57.1 Å². The summed E-state index contributed by atoms with van der Waals surface area (Å²) in [6.45, 7) is 3.80. The zero-order chi connectivity index (χ0) is 19.8. The Balaban J connectivity index is 1.20. The number of aromatic nitrogens is 2. The molecular weight excluding hydrogens is 382 g/mol. The monoisotopic (exact) mass is 405 g/mol. The van der Waals surface area contributed by atoms with E-state index in [1.807, 2.05) is 41.3 Å². The van der Waals surface area contributed by atoms with Gasteiger partial charge in [0.15, 0.2) is 0 Å². The van der Waals surface area contributed by atoms with Gasteiger partial charge in [0.1, 0.15) is 11.6 Å². The van der Waals surface area contributed by atoms with Gasteiger partial charge < -0.3 is 10.6 Å². The zero-order valence-electron chi connectivity index (χ0n) is 16.1. The minimum absolute atomic E-state index is 0.0163. The first-order valence-electron chi connectivity index (χ1n) is 9.94. The van der Waals surface area contributed by atoms with Crippen LogP contribution in [0.5, 0.6) is 0 Å². The van der Waals surface area contributed by atoms with Gasteiger partial charge in [-0.2, -0.15) is 0 Å². The number of thioether (sulfide) groups is 1. The molecular formula is C22H23N5OS. The molecule has 1 saturated heterocycles. The molecule has 2 N–H and O–H groups in total. The van der Waals surface area contributed by atoms with E-state index in [2.05, 4.69) is 27.0 Å². The number of carbonyl (C=O) groups is 1. The molecule has 0 spiro atoms. The van der Waals surface area contributed by atoms with Crippen LogP contribution < -0.4 is 5.73 Å². The van der Waals surface area contributed by atoms with E-state index < -0.39 is 0 Å². The van der Waals surface area contributed by atoms with Crippen LogP contribution in [0.15, 0.2) is 53.4 Å². The van der Waals surface area contributed by atoms with Gasteiger partial charge in [-0.05, 0) is 30.2 Å². The first-order valence-corrected chi connectivity index (χ1v) is 10.8. The van der Waals surface area contributed by atoms with E-state index in [0.29, 0.717) is 12.4 Å². The lowest BCUT2D eigenvalue weighted by Crippen LogP contribution is -2.50. The molecule has 6 nitrogen and oxygen atoms in total. The van der Waals surface area contributed by atoms with Crippen molar-refractivity contribution in [3.8, 4) is 0 Å². The van der Waals surface area contributed by atoms with E-state index in [1.165, 1.54) is 10.5 Å². The number of nitrogens with two attached hydrogens (primary N) is 1. The highest BCUT2D eigenvalue weighted by atomic mass is 32.2. The molecule has 3 aromatic rings. The molecule has 0 aliphatic carbocycles. The van der Waals surface area contributed by atoms with Crippen molar-refractivity contribution in [3.05, 3.63) is 59.9 Å². The van der Waals surface area contributed by atoms with Crippen molar-refractivity contribution in [3.63, 3.8) is 0 Å². The van der Waals surface area contributed by atoms with Gasteiger partial charge in [0.2, 0.25) is 5.91 Å². The van der Waals surface area contributed by atoms with E-state index in [9.17, 15) is 4.79 Å². The van der Waals surface area contributed by atoms with Crippen LogP contribution in [0.4, 0.5) is 5.82 Å². The first kappa shape index (κ1) is 18.4. The van der Waals surface area contributed by atoms with Crippen LogP contribution in [-0.2, 0) is 17.8 Å². The van der Waals surface area contributed by atoms with Crippen molar-refractivity contribution in [2.45, 2.75) is 23.1 Å². The Kier molecular flexibility index (Phi) is 4.85. The fourth-order valence-electron chi connectivity index (χ4n) is 4.07. The number of nitrogens with zero attached hydrogens (tertiary/aromatic N) is 4. The van der Waals surface area contributed by atoms with E-state index in [-0.39, 0.29) is 11.2 Å². The molecule has 1 unspecified atom stereocenters. The highest BCUT2D eigenvalue weighted by Gasteiger charge is 2.32. The predicted molar refractivity (Wildman–Crippen MR) is 116 cm³/mol. The van der Waals surface area contributed by atoms with E-state index in [4.69, 9.17) is 5.73 Å². The second-order valence-electron chi connectivity index (χ2n) is 7.56. The largest absolute Gasteiger partial charge is 0.383 e. The number of anilines is 1. The maximum Gasteiger partial charge on any atom is 0.236 e. The second kappa shape index (κ2) is 7.65. The lowest BCUT2D eigenvalue weighted by Gasteiger charge is -2.35. The maximum absolute atomic E-state index is 13.0. The van der Waals surface area contributed by atoms with Crippen LogP contribution in [0.3, 0.4) is 0 Å². The number of piperazine rings is 1. The molecule has 7 heteroatoms. The second-order valence-corrected chi connectivity index (χ2v) is 8.81. The number of para-hydroxylation sites is 1. The van der Waals surface area contributed by atoms with Crippen LogP contribution >= 0.6 is 11.8 Å². The molecule has 2 aromatic carbocycles. The van der Waals surface area contributed by atoms with Crippen molar-refractivity contribution in [1.29, 1.82) is 0 Å². The third-order valence-electron chi connectivity index (χ3n) is 5.65. The van der Waals surface area contributed by atoms with Crippen molar-refractivity contribution in [1.82, 2.24) is 19.8 Å². The summed E-state index contributed by atoms with van der Waals surface area (Å²) in [6.07, 6.45) is 0.837. The highest BCUT2D eigenvalue weighted by Crippen LogP contribution is 2.37. The lowest BCUT2D eigenvalue weighted by molar-refractivity contribution is -0.132. The smallest absolute Gasteiger partial charge is 0.236 e. The van der Waals surface area contributed by atoms with Crippen LogP contribution in [0.1, 0.15) is 11.4 Å². The minimum Gasteiger partial charge on any atom is -0.383 e. The molecule has 29 heavy (non-hydrogen) atoms. The van der Waals surface area contributed by atoms with E-state index in [1.54, 1.807) is 11.8 Å². The summed E-state index contributed by atoms with van der Waals surface area (Å²) in [6, 6.07) is 16.1. The number of carbonyl (C=O) groups excluding carboxylic acids is 1. The highest BCUT2D eigenvalue weighted by molar-refractivity contribution is 8.01. The Bertz CT molecular complexity index is 1040. The molecule has 0 bridgehead atoms. The zero-order valence-corrected chi connectivity index (χ0v) is 16.9. The number of benzene rings is 2. The first-order chi connectivity index (χ1) is 14.2. The van der Waals surface area contributed by atoms with Crippen LogP contribution in [0, 0.1) is 0 Å². The summed E-state index contributed by atoms with van der Waals surface area (Å²) in [5, 5.41) is 0.907. The molecule has 1 amide bonds. The van der Waals surface area contributed by atoms with E-state index in [0.717, 1.165) is 49.3 Å². The Morgan fingerprint density at radius 3 is 2.62 bits per heavy atom. The topological polar surface area (TPSA) is 75.3 Å². The Labute approximate surface area is 174 Å². The Hall–Kier alpha value is -2.64. The van der Waals surface area contributed by atoms with Gasteiger partial charge in [-0.3, -0.25) is 9.69 Å². The summed E-state index contributed by atoms with van der Waals surface area (Å²) in [5.74, 6) is 1.53. The maximum atomic E-state index is 13.0. The van der Waals surface area contributed by atoms with Crippen LogP contribution in [0.2, 0.25) is 0 Å². The van der Waals surface area contributed by atoms with Gasteiger partial charge in [0.05, 0.1) is 17.3 Å². The van der Waals surface area contributed by atoms with Gasteiger partial charge in [0, 0.05) is 36.5 Å². The molecule has 148 valence electrons. The van der Waals surface area contributed by atoms with Gasteiger partial charge in [0.25, 0.3) is 0 Å². The molecule has 5 rings (SSSR count). The molecule has 1 aromatic heterocycles. The third kappa shape index (κ3) is 3.68. The number of nitrogen functional groups attached to an aromatic ring is 1. The Morgan fingerprint density at radius 1 is 1.03 bits per heavy atom. The standard InChI is InChI=1S/C22H23N5OS/c23-21-16-6-2-3-7-17(16)24-20(25-21)14-26-9-11-27(12-10-26)22(28)19-13-15-5-1-4-8-18(15)29-19/h1-8,19H,9-14H2,(H2,23,24,25). The van der Waals surface area contributed by atoms with Gasteiger partial charge in [-0.1, -0.05) is 30.3 Å². The van der Waals surface area contributed by atoms with Crippen molar-refractivity contribution in [2.75, 3.05) is 31.9 Å². The number of hydrogen-bond acceptors (Lipinski definition) is 6. The van der Waals surface area contributed by atoms with Crippen LogP contribution in [0.25, 0.3) is 10.9 Å². The van der Waals surface area contributed by atoms with Crippen molar-refractivity contribution >= 4 is 34.4 Å². The fraction of sp³-hybridized carbons (Fsp3) is 0.318. The molecule has 2 aliphatic heterocycles. The molecule has 1 atom stereocenters. The van der Waals surface area contributed by atoms with Gasteiger partial charge >= 0.3 is 0 Å². The molecule has 3 heterocycles. The number of fused-ring (bicyclic) bond motifs is 2. The number of rotatable bonds is 3. The SMILES string of the molecule is Nc1nc(CN2CCN(C(=O)C3Cc4ccccc4S3)CC2)nc2ccccc12. The van der Waals surface area contributed by atoms with Crippen molar-refractivity contribution in [2.24, 2.45) is 0 Å². The number of amides is 1. The molecule has 0 radical (unpaired) electrons.